The van der Waals surface area contributed by atoms with E-state index in [1.54, 1.807) is 0 Å². The Labute approximate surface area is 147 Å². The first-order valence-corrected chi connectivity index (χ1v) is 10.5. The molecule has 0 saturated carbocycles. The maximum atomic E-state index is 11.6. The first-order valence-electron chi connectivity index (χ1n) is 8.65. The van der Waals surface area contributed by atoms with E-state index in [0.29, 0.717) is 13.1 Å². The minimum Gasteiger partial charge on any atom is -0.378 e. The molecule has 0 unspecified atom stereocenters. The highest BCUT2D eigenvalue weighted by Crippen LogP contribution is 2.27. The zero-order valence-electron chi connectivity index (χ0n) is 14.3. The number of piperidine rings is 1. The summed E-state index contributed by atoms with van der Waals surface area (Å²) >= 11 is 0. The first-order chi connectivity index (χ1) is 12.0. The Balaban J connectivity index is 1.51. The van der Waals surface area contributed by atoms with Crippen molar-refractivity contribution in [2.75, 3.05) is 50.5 Å². The van der Waals surface area contributed by atoms with Crippen LogP contribution in [-0.4, -0.2) is 73.0 Å². The number of aromatic nitrogens is 3. The second-order valence-corrected chi connectivity index (χ2v) is 8.68. The Kier molecular flexibility index (Phi) is 4.38. The van der Waals surface area contributed by atoms with Crippen LogP contribution in [0.4, 0.5) is 5.69 Å². The zero-order chi connectivity index (χ0) is 17.4. The molecule has 4 rings (SSSR count). The van der Waals surface area contributed by atoms with E-state index in [-0.39, 0.29) is 5.92 Å². The van der Waals surface area contributed by atoms with Gasteiger partial charge in [0, 0.05) is 32.1 Å². The van der Waals surface area contributed by atoms with Gasteiger partial charge in [-0.05, 0) is 25.0 Å². The Bertz CT molecular complexity index is 852. The maximum Gasteiger partial charge on any atom is 0.211 e. The Morgan fingerprint density at radius 1 is 1.12 bits per heavy atom. The van der Waals surface area contributed by atoms with Crippen molar-refractivity contribution in [2.24, 2.45) is 0 Å². The normalized spacial score (nSPS) is 21.1. The minimum atomic E-state index is -3.10. The van der Waals surface area contributed by atoms with Gasteiger partial charge < -0.3 is 9.64 Å². The van der Waals surface area contributed by atoms with Crippen molar-refractivity contribution in [2.45, 2.75) is 18.8 Å². The third-order valence-corrected chi connectivity index (χ3v) is 6.30. The third kappa shape index (κ3) is 3.49. The zero-order valence-corrected chi connectivity index (χ0v) is 15.2. The van der Waals surface area contributed by atoms with E-state index in [1.165, 1.54) is 10.6 Å². The fourth-order valence-corrected chi connectivity index (χ4v) is 4.39. The van der Waals surface area contributed by atoms with Gasteiger partial charge in [-0.15, -0.1) is 0 Å². The number of anilines is 1. The van der Waals surface area contributed by atoms with E-state index < -0.39 is 10.0 Å². The number of fused-ring (bicyclic) bond motifs is 1. The molecular weight excluding hydrogens is 342 g/mol. The largest absolute Gasteiger partial charge is 0.378 e. The number of morpholine rings is 1. The Morgan fingerprint density at radius 2 is 1.84 bits per heavy atom. The van der Waals surface area contributed by atoms with Crippen LogP contribution >= 0.6 is 0 Å². The number of rotatable bonds is 3. The molecule has 25 heavy (non-hydrogen) atoms. The standard InChI is InChI=1S/C16H23N5O3S/c1-25(22,23)20-6-4-13(5-7-20)16-17-15-3-2-14(12-21(15)18-16)19-8-10-24-11-9-19/h2-3,12-13H,4-11H2,1H3. The Hall–Kier alpha value is -1.71. The van der Waals surface area contributed by atoms with Crippen molar-refractivity contribution in [1.82, 2.24) is 18.9 Å². The monoisotopic (exact) mass is 365 g/mol. The molecule has 0 aromatic carbocycles. The van der Waals surface area contributed by atoms with Gasteiger partial charge in [0.2, 0.25) is 10.0 Å². The Morgan fingerprint density at radius 3 is 2.52 bits per heavy atom. The van der Waals surface area contributed by atoms with Gasteiger partial charge in [0.25, 0.3) is 0 Å². The molecular formula is C16H23N5O3S. The molecule has 0 aliphatic carbocycles. The molecule has 0 N–H and O–H groups in total. The molecule has 0 bridgehead atoms. The summed E-state index contributed by atoms with van der Waals surface area (Å²) in [4.78, 5) is 6.94. The smallest absolute Gasteiger partial charge is 0.211 e. The minimum absolute atomic E-state index is 0.213. The molecule has 2 aromatic rings. The summed E-state index contributed by atoms with van der Waals surface area (Å²) in [6, 6.07) is 4.07. The summed E-state index contributed by atoms with van der Waals surface area (Å²) in [5.74, 6) is 1.03. The van der Waals surface area contributed by atoms with Crippen molar-refractivity contribution in [3.05, 3.63) is 24.2 Å². The molecule has 0 radical (unpaired) electrons. The van der Waals surface area contributed by atoms with Crippen LogP contribution in [0, 0.1) is 0 Å². The molecule has 0 spiro atoms. The highest BCUT2D eigenvalue weighted by atomic mass is 32.2. The lowest BCUT2D eigenvalue weighted by Crippen LogP contribution is -2.37. The van der Waals surface area contributed by atoms with Crippen LogP contribution in [0.25, 0.3) is 5.65 Å². The summed E-state index contributed by atoms with van der Waals surface area (Å²) in [6.07, 6.45) is 4.81. The average molecular weight is 365 g/mol. The molecule has 0 atom stereocenters. The number of sulfonamides is 1. The maximum absolute atomic E-state index is 11.6. The quantitative estimate of drug-likeness (QED) is 0.797. The van der Waals surface area contributed by atoms with E-state index in [2.05, 4.69) is 21.0 Å². The van der Waals surface area contributed by atoms with Crippen molar-refractivity contribution in [3.8, 4) is 0 Å². The molecule has 2 aromatic heterocycles. The van der Waals surface area contributed by atoms with Crippen LogP contribution < -0.4 is 4.90 Å². The number of pyridine rings is 1. The average Bonchev–Trinajstić information content (AvgIpc) is 3.05. The van der Waals surface area contributed by atoms with E-state index >= 15 is 0 Å². The third-order valence-electron chi connectivity index (χ3n) is 5.00. The second kappa shape index (κ2) is 6.54. The summed E-state index contributed by atoms with van der Waals surface area (Å²) in [7, 11) is -3.10. The SMILES string of the molecule is CS(=O)(=O)N1CCC(c2nc3ccc(N4CCOCC4)cn3n2)CC1. The lowest BCUT2D eigenvalue weighted by Gasteiger charge is -2.28. The molecule has 2 saturated heterocycles. The van der Waals surface area contributed by atoms with Crippen LogP contribution in [0.5, 0.6) is 0 Å². The van der Waals surface area contributed by atoms with Gasteiger partial charge in [0.1, 0.15) is 0 Å². The van der Waals surface area contributed by atoms with E-state index in [1.807, 2.05) is 16.8 Å². The van der Waals surface area contributed by atoms with E-state index in [9.17, 15) is 8.42 Å². The summed E-state index contributed by atoms with van der Waals surface area (Å²) in [6.45, 7) is 4.35. The van der Waals surface area contributed by atoms with Crippen molar-refractivity contribution in [1.29, 1.82) is 0 Å². The fourth-order valence-electron chi connectivity index (χ4n) is 3.52. The molecule has 2 aliphatic heterocycles. The number of hydrogen-bond acceptors (Lipinski definition) is 6. The van der Waals surface area contributed by atoms with Gasteiger partial charge in [-0.3, -0.25) is 0 Å². The van der Waals surface area contributed by atoms with Gasteiger partial charge in [-0.25, -0.2) is 22.2 Å². The first kappa shape index (κ1) is 16.7. The van der Waals surface area contributed by atoms with Gasteiger partial charge in [0.15, 0.2) is 11.5 Å². The van der Waals surface area contributed by atoms with Gasteiger partial charge >= 0.3 is 0 Å². The van der Waals surface area contributed by atoms with Gasteiger partial charge in [-0.1, -0.05) is 0 Å². The van der Waals surface area contributed by atoms with Crippen LogP contribution in [0.3, 0.4) is 0 Å². The molecule has 9 heteroatoms. The molecule has 2 aliphatic rings. The van der Waals surface area contributed by atoms with E-state index in [4.69, 9.17) is 4.74 Å². The predicted molar refractivity (Wildman–Crippen MR) is 94.4 cm³/mol. The molecule has 0 amide bonds. The lowest BCUT2D eigenvalue weighted by atomic mass is 9.98. The van der Waals surface area contributed by atoms with Gasteiger partial charge in [-0.2, -0.15) is 5.10 Å². The number of nitrogens with zero attached hydrogens (tertiary/aromatic N) is 5. The fraction of sp³-hybridized carbons (Fsp3) is 0.625. The van der Waals surface area contributed by atoms with Crippen molar-refractivity contribution < 1.29 is 13.2 Å². The highest BCUT2D eigenvalue weighted by Gasteiger charge is 2.28. The van der Waals surface area contributed by atoms with E-state index in [0.717, 1.165) is 56.3 Å². The van der Waals surface area contributed by atoms with Crippen LogP contribution in [0.1, 0.15) is 24.6 Å². The number of ether oxygens (including phenoxy) is 1. The van der Waals surface area contributed by atoms with Gasteiger partial charge in [0.05, 0.1) is 31.4 Å². The van der Waals surface area contributed by atoms with Crippen molar-refractivity contribution in [3.63, 3.8) is 0 Å². The summed E-state index contributed by atoms with van der Waals surface area (Å²) < 4.78 is 32.0. The topological polar surface area (TPSA) is 80.0 Å². The predicted octanol–water partition coefficient (Wildman–Crippen LogP) is 0.705. The molecule has 4 heterocycles. The molecule has 8 nitrogen and oxygen atoms in total. The highest BCUT2D eigenvalue weighted by molar-refractivity contribution is 7.88. The van der Waals surface area contributed by atoms with Crippen LogP contribution in [0.2, 0.25) is 0 Å². The lowest BCUT2D eigenvalue weighted by molar-refractivity contribution is 0.122. The van der Waals surface area contributed by atoms with Crippen LogP contribution in [-0.2, 0) is 14.8 Å². The van der Waals surface area contributed by atoms with Crippen LogP contribution in [0.15, 0.2) is 18.3 Å². The second-order valence-electron chi connectivity index (χ2n) is 6.70. The molecule has 2 fully saturated rings. The summed E-state index contributed by atoms with van der Waals surface area (Å²) in [5, 5.41) is 4.66. The molecule has 136 valence electrons. The van der Waals surface area contributed by atoms with Crippen molar-refractivity contribution >= 4 is 21.4 Å². The summed E-state index contributed by atoms with van der Waals surface area (Å²) in [5.41, 5.74) is 1.96. The number of hydrogen-bond donors (Lipinski definition) is 0.